The fraction of sp³-hybridized carbons (Fsp3) is 0.222. The monoisotopic (exact) mass is 402 g/mol. The van der Waals surface area contributed by atoms with E-state index in [0.29, 0.717) is 21.7 Å². The molecule has 3 rings (SSSR count). The van der Waals surface area contributed by atoms with Gasteiger partial charge in [-0.1, -0.05) is 29.0 Å². The predicted octanol–water partition coefficient (Wildman–Crippen LogP) is 3.63. The summed E-state index contributed by atoms with van der Waals surface area (Å²) in [7, 11) is 0. The Kier molecular flexibility index (Phi) is 5.62. The maximum Gasteiger partial charge on any atom is 0.277 e. The normalized spacial score (nSPS) is 12.0. The number of hydrogen-bond acceptors (Lipinski definition) is 7. The molecule has 1 aromatic carbocycles. The summed E-state index contributed by atoms with van der Waals surface area (Å²) in [4.78, 5) is 23.7. The fourth-order valence-electron chi connectivity index (χ4n) is 2.49. The maximum absolute atomic E-state index is 12.4. The summed E-state index contributed by atoms with van der Waals surface area (Å²) >= 11 is 2.39. The van der Waals surface area contributed by atoms with E-state index in [9.17, 15) is 9.59 Å². The van der Waals surface area contributed by atoms with Gasteiger partial charge >= 0.3 is 0 Å². The third kappa shape index (κ3) is 4.55. The van der Waals surface area contributed by atoms with Gasteiger partial charge in [0, 0.05) is 5.56 Å². The summed E-state index contributed by atoms with van der Waals surface area (Å²) in [6.45, 7) is 5.72. The second kappa shape index (κ2) is 7.93. The van der Waals surface area contributed by atoms with Crippen molar-refractivity contribution >= 4 is 39.9 Å². The Bertz CT molecular complexity index is 976. The number of rotatable bonds is 6. The molecule has 3 N–H and O–H groups in total. The lowest BCUT2D eigenvalue weighted by molar-refractivity contribution is -0.115. The van der Waals surface area contributed by atoms with Gasteiger partial charge in [-0.25, -0.2) is 0 Å². The number of carbonyl (C=O) groups is 2. The molecule has 1 atom stereocenters. The van der Waals surface area contributed by atoms with Crippen molar-refractivity contribution in [1.29, 1.82) is 0 Å². The van der Waals surface area contributed by atoms with Crippen molar-refractivity contribution in [3.63, 3.8) is 0 Å². The molecule has 7 nitrogen and oxygen atoms in total. The summed E-state index contributed by atoms with van der Waals surface area (Å²) in [6.07, 6.45) is 0. The topological polar surface area (TPSA) is 111 Å². The van der Waals surface area contributed by atoms with E-state index in [0.717, 1.165) is 28.5 Å². The second-order valence-electron chi connectivity index (χ2n) is 6.03. The van der Waals surface area contributed by atoms with Crippen LogP contribution in [-0.4, -0.2) is 27.3 Å². The van der Waals surface area contributed by atoms with Crippen LogP contribution in [0.2, 0.25) is 0 Å². The standard InChI is InChI=1S/C18H18N4O3S2/c1-9-6-10(2)8-12(7-9)16-21-22-18(25-16)27-11(3)15(24)20-17-13(14(19)23)4-5-26-17/h4-8,11H,1-3H3,(H2,19,23)(H,20,24)/t11-/m1/s1. The van der Waals surface area contributed by atoms with Crippen molar-refractivity contribution in [3.8, 4) is 11.5 Å². The molecule has 27 heavy (non-hydrogen) atoms. The van der Waals surface area contributed by atoms with Gasteiger partial charge in [-0.3, -0.25) is 9.59 Å². The van der Waals surface area contributed by atoms with E-state index in [1.54, 1.807) is 18.4 Å². The third-order valence-corrected chi connectivity index (χ3v) is 5.45. The molecule has 2 aromatic heterocycles. The molecular formula is C18H18N4O3S2. The first kappa shape index (κ1) is 19.1. The number of benzene rings is 1. The third-order valence-electron chi connectivity index (χ3n) is 3.69. The largest absolute Gasteiger partial charge is 0.411 e. The molecule has 0 aliphatic carbocycles. The maximum atomic E-state index is 12.4. The van der Waals surface area contributed by atoms with Gasteiger partial charge in [-0.05, 0) is 44.4 Å². The van der Waals surface area contributed by atoms with Gasteiger partial charge in [0.05, 0.1) is 10.8 Å². The quantitative estimate of drug-likeness (QED) is 0.609. The van der Waals surface area contributed by atoms with Gasteiger partial charge in [0.1, 0.15) is 5.00 Å². The average Bonchev–Trinajstić information content (AvgIpc) is 3.23. The molecule has 2 heterocycles. The number of amides is 2. The molecule has 0 radical (unpaired) electrons. The minimum Gasteiger partial charge on any atom is -0.411 e. The van der Waals surface area contributed by atoms with Crippen LogP contribution >= 0.6 is 23.1 Å². The molecule has 0 unspecified atom stereocenters. The zero-order valence-corrected chi connectivity index (χ0v) is 16.6. The number of nitrogens with two attached hydrogens (primary N) is 1. The van der Waals surface area contributed by atoms with Gasteiger partial charge in [0.15, 0.2) is 0 Å². The van der Waals surface area contributed by atoms with Crippen LogP contribution in [0.25, 0.3) is 11.5 Å². The number of thiophene rings is 1. The molecule has 2 amide bonds. The Morgan fingerprint density at radius 1 is 1.22 bits per heavy atom. The van der Waals surface area contributed by atoms with E-state index >= 15 is 0 Å². The van der Waals surface area contributed by atoms with Crippen molar-refractivity contribution in [2.75, 3.05) is 5.32 Å². The van der Waals surface area contributed by atoms with Crippen LogP contribution in [0.15, 0.2) is 39.3 Å². The van der Waals surface area contributed by atoms with Crippen molar-refractivity contribution in [2.45, 2.75) is 31.2 Å². The van der Waals surface area contributed by atoms with Gasteiger partial charge in [0.2, 0.25) is 11.8 Å². The summed E-state index contributed by atoms with van der Waals surface area (Å²) in [5.74, 6) is -0.455. The molecule has 140 valence electrons. The average molecular weight is 403 g/mol. The highest BCUT2D eigenvalue weighted by molar-refractivity contribution is 8.00. The number of nitrogens with one attached hydrogen (secondary N) is 1. The van der Waals surface area contributed by atoms with Crippen LogP contribution in [0, 0.1) is 13.8 Å². The van der Waals surface area contributed by atoms with Crippen LogP contribution in [0.4, 0.5) is 5.00 Å². The number of hydrogen-bond donors (Lipinski definition) is 2. The summed E-state index contributed by atoms with van der Waals surface area (Å²) in [6, 6.07) is 7.57. The Balaban J connectivity index is 1.68. The number of anilines is 1. The van der Waals surface area contributed by atoms with Crippen LogP contribution in [0.5, 0.6) is 0 Å². The lowest BCUT2D eigenvalue weighted by Crippen LogP contribution is -2.23. The highest BCUT2D eigenvalue weighted by Gasteiger charge is 2.21. The van der Waals surface area contributed by atoms with Gasteiger partial charge in [-0.15, -0.1) is 21.5 Å². The smallest absolute Gasteiger partial charge is 0.277 e. The SMILES string of the molecule is Cc1cc(C)cc(-c2nnc(S[C@H](C)C(=O)Nc3sccc3C(N)=O)o2)c1. The Morgan fingerprint density at radius 2 is 1.93 bits per heavy atom. The van der Waals surface area contributed by atoms with E-state index in [4.69, 9.17) is 10.2 Å². The molecule has 3 aromatic rings. The van der Waals surface area contributed by atoms with Crippen molar-refractivity contribution in [3.05, 3.63) is 46.3 Å². The molecule has 0 bridgehead atoms. The van der Waals surface area contributed by atoms with Crippen molar-refractivity contribution in [2.24, 2.45) is 5.73 Å². The Hall–Kier alpha value is -2.65. The number of nitrogens with zero attached hydrogens (tertiary/aromatic N) is 2. The minimum atomic E-state index is -0.582. The van der Waals surface area contributed by atoms with E-state index in [2.05, 4.69) is 21.6 Å². The number of primary amides is 1. The van der Waals surface area contributed by atoms with Crippen LogP contribution in [0.1, 0.15) is 28.4 Å². The molecule has 0 spiro atoms. The zero-order valence-electron chi connectivity index (χ0n) is 15.0. The van der Waals surface area contributed by atoms with Crippen LogP contribution in [0.3, 0.4) is 0 Å². The first-order valence-electron chi connectivity index (χ1n) is 8.10. The summed E-state index contributed by atoms with van der Waals surface area (Å²) in [5, 5.41) is 12.7. The lowest BCUT2D eigenvalue weighted by atomic mass is 10.1. The second-order valence-corrected chi connectivity index (χ2v) is 8.23. The van der Waals surface area contributed by atoms with E-state index in [-0.39, 0.29) is 5.91 Å². The molecule has 0 fully saturated rings. The Morgan fingerprint density at radius 3 is 2.59 bits per heavy atom. The number of carbonyl (C=O) groups excluding carboxylic acids is 2. The zero-order chi connectivity index (χ0) is 19.6. The molecule has 0 aliphatic heterocycles. The van der Waals surface area contributed by atoms with Crippen LogP contribution < -0.4 is 11.1 Å². The lowest BCUT2D eigenvalue weighted by Gasteiger charge is -2.09. The Labute approximate surface area is 164 Å². The van der Waals surface area contributed by atoms with Gasteiger partial charge in [0.25, 0.3) is 11.1 Å². The molecule has 0 saturated heterocycles. The number of thioether (sulfide) groups is 1. The minimum absolute atomic E-state index is 0.281. The van der Waals surface area contributed by atoms with Crippen molar-refractivity contribution < 1.29 is 14.0 Å². The first-order chi connectivity index (χ1) is 12.8. The predicted molar refractivity (Wildman–Crippen MR) is 106 cm³/mol. The van der Waals surface area contributed by atoms with E-state index in [1.807, 2.05) is 26.0 Å². The van der Waals surface area contributed by atoms with Gasteiger partial charge in [-0.2, -0.15) is 0 Å². The van der Waals surface area contributed by atoms with E-state index in [1.165, 1.54) is 11.3 Å². The van der Waals surface area contributed by atoms with E-state index < -0.39 is 11.2 Å². The highest BCUT2D eigenvalue weighted by atomic mass is 32.2. The van der Waals surface area contributed by atoms with Crippen LogP contribution in [-0.2, 0) is 4.79 Å². The number of aryl methyl sites for hydroxylation is 2. The molecule has 0 saturated carbocycles. The highest BCUT2D eigenvalue weighted by Crippen LogP contribution is 2.29. The molecule has 0 aliphatic rings. The fourth-order valence-corrected chi connectivity index (χ4v) is 3.97. The number of aromatic nitrogens is 2. The first-order valence-corrected chi connectivity index (χ1v) is 9.86. The summed E-state index contributed by atoms with van der Waals surface area (Å²) in [5.41, 5.74) is 8.63. The summed E-state index contributed by atoms with van der Waals surface area (Å²) < 4.78 is 5.69. The molecule has 9 heteroatoms. The van der Waals surface area contributed by atoms with Gasteiger partial charge < -0.3 is 15.5 Å². The van der Waals surface area contributed by atoms with Crippen molar-refractivity contribution in [1.82, 2.24) is 10.2 Å². The molecular weight excluding hydrogens is 384 g/mol.